The monoisotopic (exact) mass is 715 g/mol. The van der Waals surface area contributed by atoms with Gasteiger partial charge in [-0.05, 0) is 71.2 Å². The molecule has 0 aliphatic carbocycles. The van der Waals surface area contributed by atoms with Gasteiger partial charge in [-0.1, -0.05) is 18.2 Å². The molecule has 47 heavy (non-hydrogen) atoms. The van der Waals surface area contributed by atoms with Crippen LogP contribution in [0.1, 0.15) is 36.6 Å². The number of methoxy groups -OCH3 is 1. The number of hydrazone groups is 1. The van der Waals surface area contributed by atoms with Gasteiger partial charge in [0.2, 0.25) is 5.75 Å². The van der Waals surface area contributed by atoms with Crippen molar-refractivity contribution in [3.63, 3.8) is 0 Å². The van der Waals surface area contributed by atoms with Crippen molar-refractivity contribution in [2.24, 2.45) is 5.10 Å². The molecule has 16 heteroatoms. The quantitative estimate of drug-likeness (QED) is 0.0605. The van der Waals surface area contributed by atoms with Gasteiger partial charge in [-0.25, -0.2) is 14.0 Å². The number of nitrogens with one attached hydrogen (secondary N) is 3. The summed E-state index contributed by atoms with van der Waals surface area (Å²) in [5, 5.41) is 31.4. The molecule has 0 spiro atoms. The highest BCUT2D eigenvalue weighted by molar-refractivity contribution is 9.10. The first-order valence-corrected chi connectivity index (χ1v) is 14.9. The first-order valence-electron chi connectivity index (χ1n) is 14.1. The lowest BCUT2D eigenvalue weighted by molar-refractivity contribution is -0.386. The first kappa shape index (κ1) is 34.6. The molecule has 4 N–H and O–H groups in total. The Morgan fingerprint density at radius 1 is 1.17 bits per heavy atom. The van der Waals surface area contributed by atoms with Crippen LogP contribution in [-0.2, 0) is 16.1 Å². The van der Waals surface area contributed by atoms with E-state index in [9.17, 15) is 29.2 Å². The van der Waals surface area contributed by atoms with Crippen molar-refractivity contribution in [1.29, 1.82) is 0 Å². The van der Waals surface area contributed by atoms with Gasteiger partial charge in [-0.3, -0.25) is 15.5 Å². The lowest BCUT2D eigenvalue weighted by Gasteiger charge is -2.28. The Morgan fingerprint density at radius 3 is 2.60 bits per heavy atom. The summed E-state index contributed by atoms with van der Waals surface area (Å²) in [5.41, 5.74) is 4.22. The number of nitro groups is 1. The lowest BCUT2D eigenvalue weighted by Crippen LogP contribution is -2.45. The Bertz CT molecular complexity index is 1700. The number of amides is 2. The predicted octanol–water partition coefficient (Wildman–Crippen LogP) is 4.60. The Kier molecular flexibility index (Phi) is 11.7. The molecule has 1 heterocycles. The lowest BCUT2D eigenvalue weighted by atomic mass is 9.95. The molecule has 0 unspecified atom stereocenters. The fourth-order valence-corrected chi connectivity index (χ4v) is 5.09. The van der Waals surface area contributed by atoms with E-state index in [0.717, 1.165) is 0 Å². The van der Waals surface area contributed by atoms with Crippen LogP contribution in [0.3, 0.4) is 0 Å². The normalized spacial score (nSPS) is 15.0. The number of carbonyl (C=O) groups excluding carboxylic acids is 2. The highest BCUT2D eigenvalue weighted by Crippen LogP contribution is 2.37. The van der Waals surface area contributed by atoms with Crippen LogP contribution in [0.5, 0.6) is 17.2 Å². The number of halogens is 2. The van der Waals surface area contributed by atoms with E-state index in [1.807, 2.05) is 0 Å². The standard InChI is InChI=1S/C31H31BrFN5O9/c1-4-45-25-13-20(28-27(30(40)44-3)17(2)35-31(41)36-28)7-10-24(25)46-16-26(39)37-34-14-19-11-22(32)29(23(12-19)38(42)43)47-15-18-5-8-21(33)9-6-18/h5-14,26,28,37,39H,4,15-16H2,1-3H3,(H2,35,36,41)/b34-14+/t26-,28+/m1/s1. The SMILES string of the molecule is CCOc1cc([C@@H]2NC(=O)NC(C)=C2C(=O)OC)ccc1OC[C@@H](O)N/N=C/c1cc(Br)c(OCc2ccc(F)cc2)c([N+](=O)[O-])c1. The van der Waals surface area contributed by atoms with Crippen molar-refractivity contribution in [3.05, 3.63) is 103 Å². The van der Waals surface area contributed by atoms with Gasteiger partial charge in [0.25, 0.3) is 0 Å². The van der Waals surface area contributed by atoms with E-state index in [-0.39, 0.29) is 42.6 Å². The number of carbonyl (C=O) groups is 2. The molecule has 4 rings (SSSR count). The Balaban J connectivity index is 1.41. The number of aliphatic hydroxyl groups is 1. The van der Waals surface area contributed by atoms with Gasteiger partial charge in [0.05, 0.1) is 40.9 Å². The third kappa shape index (κ3) is 8.95. The van der Waals surface area contributed by atoms with Crippen LogP contribution in [0.15, 0.2) is 75.4 Å². The number of nitrogens with zero attached hydrogens (tertiary/aromatic N) is 2. The third-order valence-corrected chi connectivity index (χ3v) is 7.24. The van der Waals surface area contributed by atoms with Crippen LogP contribution in [0.2, 0.25) is 0 Å². The maximum Gasteiger partial charge on any atom is 0.337 e. The molecule has 0 saturated heterocycles. The average Bonchev–Trinajstić information content (AvgIpc) is 3.03. The summed E-state index contributed by atoms with van der Waals surface area (Å²) in [4.78, 5) is 35.7. The van der Waals surface area contributed by atoms with Crippen molar-refractivity contribution < 1.29 is 43.0 Å². The van der Waals surface area contributed by atoms with E-state index < -0.39 is 35.0 Å². The summed E-state index contributed by atoms with van der Waals surface area (Å²) in [6.07, 6.45) is -0.0234. The molecule has 2 atom stereocenters. The van der Waals surface area contributed by atoms with Crippen molar-refractivity contribution >= 4 is 39.8 Å². The van der Waals surface area contributed by atoms with E-state index in [1.165, 1.54) is 43.7 Å². The minimum Gasteiger partial charge on any atom is -0.490 e. The molecular weight excluding hydrogens is 685 g/mol. The Hall–Kier alpha value is -5.22. The van der Waals surface area contributed by atoms with E-state index in [0.29, 0.717) is 32.6 Å². The molecule has 2 amide bonds. The molecule has 248 valence electrons. The number of nitro benzene ring substituents is 1. The zero-order valence-corrected chi connectivity index (χ0v) is 27.0. The second kappa shape index (κ2) is 15.9. The maximum atomic E-state index is 13.2. The highest BCUT2D eigenvalue weighted by Gasteiger charge is 2.32. The van der Waals surface area contributed by atoms with Crippen LogP contribution < -0.4 is 30.3 Å². The largest absolute Gasteiger partial charge is 0.490 e. The molecule has 3 aromatic rings. The number of benzene rings is 3. The number of urea groups is 1. The summed E-state index contributed by atoms with van der Waals surface area (Å²) in [6, 6.07) is 11.9. The number of hydrogen-bond donors (Lipinski definition) is 4. The minimum atomic E-state index is -1.29. The summed E-state index contributed by atoms with van der Waals surface area (Å²) in [5.74, 6) is -0.454. The van der Waals surface area contributed by atoms with E-state index in [1.54, 1.807) is 38.1 Å². The van der Waals surface area contributed by atoms with Crippen LogP contribution in [0.25, 0.3) is 0 Å². The van der Waals surface area contributed by atoms with Gasteiger partial charge >= 0.3 is 17.7 Å². The molecule has 0 bridgehead atoms. The number of allylic oxidation sites excluding steroid dienone is 1. The number of ether oxygens (including phenoxy) is 4. The fraction of sp³-hybridized carbons (Fsp3) is 0.258. The smallest absolute Gasteiger partial charge is 0.337 e. The number of aliphatic hydroxyl groups excluding tert-OH is 1. The minimum absolute atomic E-state index is 0.01000. The van der Waals surface area contributed by atoms with Gasteiger partial charge in [0.15, 0.2) is 17.7 Å². The number of rotatable bonds is 14. The van der Waals surface area contributed by atoms with Crippen LogP contribution in [-0.4, -0.2) is 54.8 Å². The van der Waals surface area contributed by atoms with Crippen molar-refractivity contribution in [2.45, 2.75) is 32.7 Å². The van der Waals surface area contributed by atoms with Gasteiger partial charge in [-0.2, -0.15) is 5.10 Å². The van der Waals surface area contributed by atoms with Crippen LogP contribution >= 0.6 is 15.9 Å². The van der Waals surface area contributed by atoms with Gasteiger partial charge < -0.3 is 34.7 Å². The van der Waals surface area contributed by atoms with Gasteiger partial charge in [0.1, 0.15) is 19.0 Å². The van der Waals surface area contributed by atoms with Crippen LogP contribution in [0.4, 0.5) is 14.9 Å². The van der Waals surface area contributed by atoms with E-state index in [4.69, 9.17) is 18.9 Å². The topological polar surface area (TPSA) is 183 Å². The first-order chi connectivity index (χ1) is 22.5. The van der Waals surface area contributed by atoms with Crippen LogP contribution in [0, 0.1) is 15.9 Å². The summed E-state index contributed by atoms with van der Waals surface area (Å²) < 4.78 is 35.4. The number of hydrogen-bond acceptors (Lipinski definition) is 11. The molecule has 1 aliphatic heterocycles. The van der Waals surface area contributed by atoms with Crippen molar-refractivity contribution in [3.8, 4) is 17.2 Å². The summed E-state index contributed by atoms with van der Waals surface area (Å²) >= 11 is 3.29. The zero-order valence-electron chi connectivity index (χ0n) is 25.4. The molecule has 0 saturated carbocycles. The second-order valence-electron chi connectivity index (χ2n) is 9.94. The van der Waals surface area contributed by atoms with E-state index >= 15 is 0 Å². The highest BCUT2D eigenvalue weighted by atomic mass is 79.9. The Labute approximate surface area is 276 Å². The predicted molar refractivity (Wildman–Crippen MR) is 170 cm³/mol. The summed E-state index contributed by atoms with van der Waals surface area (Å²) in [6.45, 7) is 3.35. The molecule has 0 radical (unpaired) electrons. The molecule has 1 aliphatic rings. The molecule has 14 nitrogen and oxygen atoms in total. The zero-order chi connectivity index (χ0) is 34.1. The average molecular weight is 717 g/mol. The molecule has 0 fully saturated rings. The molecular formula is C31H31BrFN5O9. The van der Waals surface area contributed by atoms with Crippen molar-refractivity contribution in [1.82, 2.24) is 16.1 Å². The Morgan fingerprint density at radius 2 is 1.91 bits per heavy atom. The fourth-order valence-electron chi connectivity index (χ4n) is 4.51. The summed E-state index contributed by atoms with van der Waals surface area (Å²) in [7, 11) is 1.25. The van der Waals surface area contributed by atoms with Crippen molar-refractivity contribution in [2.75, 3.05) is 20.3 Å². The molecule has 3 aromatic carbocycles. The molecule has 0 aromatic heterocycles. The second-order valence-corrected chi connectivity index (χ2v) is 10.8. The van der Waals surface area contributed by atoms with Gasteiger partial charge in [-0.15, -0.1) is 0 Å². The van der Waals surface area contributed by atoms with Gasteiger partial charge in [0, 0.05) is 17.3 Å². The number of esters is 1. The van der Waals surface area contributed by atoms with E-state index in [2.05, 4.69) is 37.1 Å². The maximum absolute atomic E-state index is 13.2. The third-order valence-electron chi connectivity index (χ3n) is 6.65.